The lowest BCUT2D eigenvalue weighted by atomic mass is 9.77. The Morgan fingerprint density at radius 3 is 1.89 bits per heavy atom. The summed E-state index contributed by atoms with van der Waals surface area (Å²) in [5.41, 5.74) is 2.36. The van der Waals surface area contributed by atoms with Crippen molar-refractivity contribution < 1.29 is 33.7 Å². The number of alkyl halides is 1. The fourth-order valence-electron chi connectivity index (χ4n) is 4.59. The molecule has 194 valence electrons. The van der Waals surface area contributed by atoms with Gasteiger partial charge in [-0.05, 0) is 80.2 Å². The van der Waals surface area contributed by atoms with E-state index in [4.69, 9.17) is 19.7 Å². The van der Waals surface area contributed by atoms with E-state index >= 15 is 0 Å². The number of hydrogen-bond donors (Lipinski definition) is 2. The van der Waals surface area contributed by atoms with Crippen molar-refractivity contribution in [3.63, 3.8) is 0 Å². The summed E-state index contributed by atoms with van der Waals surface area (Å²) in [5, 5.41) is 18.0. The normalized spacial score (nSPS) is 17.7. The highest BCUT2D eigenvalue weighted by Gasteiger charge is 2.23. The van der Waals surface area contributed by atoms with Crippen LogP contribution in [0.1, 0.15) is 74.3 Å². The van der Waals surface area contributed by atoms with Gasteiger partial charge in [0.15, 0.2) is 0 Å². The number of aliphatic hydroxyl groups excluding tert-OH is 2. The van der Waals surface area contributed by atoms with Crippen LogP contribution in [0.2, 0.25) is 0 Å². The number of benzene rings is 1. The number of halogens is 1. The van der Waals surface area contributed by atoms with E-state index in [0.29, 0.717) is 31.1 Å². The Labute approximate surface area is 207 Å². The third-order valence-electron chi connectivity index (χ3n) is 6.83. The van der Waals surface area contributed by atoms with Gasteiger partial charge in [0.25, 0.3) is 0 Å². The van der Waals surface area contributed by atoms with Crippen LogP contribution in [0.3, 0.4) is 0 Å². The fourth-order valence-corrected chi connectivity index (χ4v) is 4.59. The summed E-state index contributed by atoms with van der Waals surface area (Å²) < 4.78 is 22.9. The molecule has 1 aliphatic carbocycles. The Bertz CT molecular complexity index is 792. The van der Waals surface area contributed by atoms with E-state index in [2.05, 4.69) is 37.4 Å². The molecule has 6 nitrogen and oxygen atoms in total. The summed E-state index contributed by atoms with van der Waals surface area (Å²) in [6.45, 7) is 6.09. The van der Waals surface area contributed by atoms with E-state index in [1.165, 1.54) is 5.56 Å². The lowest BCUT2D eigenvalue weighted by Gasteiger charge is -2.29. The minimum Gasteiger partial charge on any atom is -0.462 e. The largest absolute Gasteiger partial charge is 0.462 e. The van der Waals surface area contributed by atoms with Crippen molar-refractivity contribution in [3.05, 3.63) is 59.7 Å². The highest BCUT2D eigenvalue weighted by Crippen LogP contribution is 2.38. The molecule has 0 aliphatic heterocycles. The predicted octanol–water partition coefficient (Wildman–Crippen LogP) is 4.76. The summed E-state index contributed by atoms with van der Waals surface area (Å²) in [6.07, 6.45) is 7.21. The zero-order chi connectivity index (χ0) is 25.6. The SMILES string of the molecule is C=C(CO)C(=O)OCCC(CCOC(=O)C(=C)CO)c1ccc(C2CCC(CCCF)CC2)cc1. The maximum Gasteiger partial charge on any atom is 0.335 e. The van der Waals surface area contributed by atoms with Gasteiger partial charge in [-0.2, -0.15) is 0 Å². The average molecular weight is 491 g/mol. The van der Waals surface area contributed by atoms with E-state index in [1.54, 1.807) is 0 Å². The molecule has 1 aromatic rings. The molecule has 1 saturated carbocycles. The molecule has 0 amide bonds. The van der Waals surface area contributed by atoms with Gasteiger partial charge in [0.05, 0.1) is 44.2 Å². The molecular formula is C28H39FO6. The summed E-state index contributed by atoms with van der Waals surface area (Å²) >= 11 is 0. The number of esters is 2. The molecule has 0 heterocycles. The molecule has 0 unspecified atom stereocenters. The van der Waals surface area contributed by atoms with Crippen LogP contribution in [0.25, 0.3) is 0 Å². The number of rotatable bonds is 15. The number of ether oxygens (including phenoxy) is 2. The second-order valence-electron chi connectivity index (χ2n) is 9.28. The van der Waals surface area contributed by atoms with Gasteiger partial charge in [0.1, 0.15) is 0 Å². The Hall–Kier alpha value is -2.51. The van der Waals surface area contributed by atoms with Crippen LogP contribution < -0.4 is 0 Å². The molecular weight excluding hydrogens is 451 g/mol. The van der Waals surface area contributed by atoms with E-state index in [1.807, 2.05) is 0 Å². The zero-order valence-electron chi connectivity index (χ0n) is 20.6. The van der Waals surface area contributed by atoms with Gasteiger partial charge in [-0.3, -0.25) is 4.39 Å². The molecule has 1 aromatic carbocycles. The Balaban J connectivity index is 1.97. The van der Waals surface area contributed by atoms with Crippen LogP contribution in [0.5, 0.6) is 0 Å². The van der Waals surface area contributed by atoms with Crippen LogP contribution in [-0.2, 0) is 19.1 Å². The Morgan fingerprint density at radius 1 is 0.914 bits per heavy atom. The first kappa shape index (κ1) is 28.7. The van der Waals surface area contributed by atoms with Crippen molar-refractivity contribution in [2.45, 2.75) is 63.2 Å². The van der Waals surface area contributed by atoms with E-state index in [-0.39, 0.29) is 37.0 Å². The maximum absolute atomic E-state index is 12.5. The monoisotopic (exact) mass is 490 g/mol. The van der Waals surface area contributed by atoms with Crippen LogP contribution in [0.15, 0.2) is 48.6 Å². The van der Waals surface area contributed by atoms with Crippen LogP contribution in [0.4, 0.5) is 4.39 Å². The molecule has 0 bridgehead atoms. The van der Waals surface area contributed by atoms with Gasteiger partial charge in [-0.1, -0.05) is 37.4 Å². The van der Waals surface area contributed by atoms with Crippen molar-refractivity contribution in [1.29, 1.82) is 0 Å². The van der Waals surface area contributed by atoms with Gasteiger partial charge < -0.3 is 19.7 Å². The topological polar surface area (TPSA) is 93.1 Å². The molecule has 2 N–H and O–H groups in total. The lowest BCUT2D eigenvalue weighted by Crippen LogP contribution is -2.16. The first-order chi connectivity index (χ1) is 16.9. The molecule has 1 aliphatic rings. The third-order valence-corrected chi connectivity index (χ3v) is 6.83. The van der Waals surface area contributed by atoms with E-state index < -0.39 is 25.2 Å². The number of carbonyl (C=O) groups is 2. The Kier molecular flexibility index (Phi) is 12.7. The smallest absolute Gasteiger partial charge is 0.335 e. The highest BCUT2D eigenvalue weighted by atomic mass is 19.1. The number of carbonyl (C=O) groups excluding carboxylic acids is 2. The first-order valence-electron chi connectivity index (χ1n) is 12.5. The maximum atomic E-state index is 12.5. The first-order valence-corrected chi connectivity index (χ1v) is 12.5. The summed E-state index contributed by atoms with van der Waals surface area (Å²) in [4.78, 5) is 23.6. The van der Waals surface area contributed by atoms with E-state index in [0.717, 1.165) is 37.7 Å². The van der Waals surface area contributed by atoms with E-state index in [9.17, 15) is 14.0 Å². The number of hydrogen-bond acceptors (Lipinski definition) is 6. The molecule has 35 heavy (non-hydrogen) atoms. The molecule has 1 fully saturated rings. The van der Waals surface area contributed by atoms with Gasteiger partial charge in [0.2, 0.25) is 0 Å². The van der Waals surface area contributed by atoms with Gasteiger partial charge in [-0.15, -0.1) is 0 Å². The van der Waals surface area contributed by atoms with Crippen LogP contribution in [0, 0.1) is 5.92 Å². The molecule has 0 aromatic heterocycles. The standard InChI is InChI=1S/C28H39FO6/c1-20(18-30)27(32)34-16-13-26(14-17-35-28(33)21(2)19-31)25-11-9-24(10-12-25)23-7-5-22(6-8-23)4-3-15-29/h9-12,22-23,26,30-31H,1-8,13-19H2. The summed E-state index contributed by atoms with van der Waals surface area (Å²) in [5.74, 6) is -0.130. The molecule has 2 rings (SSSR count). The second kappa shape index (κ2) is 15.5. The van der Waals surface area contributed by atoms with Gasteiger partial charge >= 0.3 is 11.9 Å². The quantitative estimate of drug-likeness (QED) is 0.272. The third kappa shape index (κ3) is 9.57. The Morgan fingerprint density at radius 2 is 1.43 bits per heavy atom. The zero-order valence-corrected chi connectivity index (χ0v) is 20.6. The van der Waals surface area contributed by atoms with Gasteiger partial charge in [0, 0.05) is 0 Å². The molecule has 0 spiro atoms. The molecule has 0 radical (unpaired) electrons. The van der Waals surface area contributed by atoms with Crippen LogP contribution >= 0.6 is 0 Å². The molecule has 0 saturated heterocycles. The lowest BCUT2D eigenvalue weighted by molar-refractivity contribution is -0.139. The van der Waals surface area contributed by atoms with Crippen molar-refractivity contribution in [3.8, 4) is 0 Å². The highest BCUT2D eigenvalue weighted by molar-refractivity contribution is 5.88. The minimum absolute atomic E-state index is 0.00163. The van der Waals surface area contributed by atoms with Gasteiger partial charge in [-0.25, -0.2) is 9.59 Å². The summed E-state index contributed by atoms with van der Waals surface area (Å²) in [7, 11) is 0. The minimum atomic E-state index is -0.630. The number of aliphatic hydroxyl groups is 2. The predicted molar refractivity (Wildman–Crippen MR) is 133 cm³/mol. The van der Waals surface area contributed by atoms with Crippen molar-refractivity contribution >= 4 is 11.9 Å². The fraction of sp³-hybridized carbons (Fsp3) is 0.571. The van der Waals surface area contributed by atoms with Crippen molar-refractivity contribution in [1.82, 2.24) is 0 Å². The van der Waals surface area contributed by atoms with Crippen molar-refractivity contribution in [2.75, 3.05) is 33.1 Å². The van der Waals surface area contributed by atoms with Crippen LogP contribution in [-0.4, -0.2) is 55.3 Å². The average Bonchev–Trinajstić information content (AvgIpc) is 2.90. The molecule has 0 atom stereocenters. The summed E-state index contributed by atoms with van der Waals surface area (Å²) in [6, 6.07) is 8.46. The second-order valence-corrected chi connectivity index (χ2v) is 9.28. The molecule has 7 heteroatoms. The van der Waals surface area contributed by atoms with Crippen molar-refractivity contribution in [2.24, 2.45) is 5.92 Å².